The predicted molar refractivity (Wildman–Crippen MR) is 180 cm³/mol. The zero-order valence-electron chi connectivity index (χ0n) is 25.7. The second kappa shape index (κ2) is 19.6. The maximum absolute atomic E-state index is 12.8. The molecule has 1 saturated heterocycles. The number of amides is 2. The van der Waals surface area contributed by atoms with E-state index in [1.165, 1.54) is 6.08 Å². The van der Waals surface area contributed by atoms with E-state index >= 15 is 0 Å². The maximum atomic E-state index is 12.8. The number of ether oxygens (including phenoxy) is 1. The second-order valence-electron chi connectivity index (χ2n) is 10.8. The Hall–Kier alpha value is -3.58. The van der Waals surface area contributed by atoms with Gasteiger partial charge in [-0.3, -0.25) is 14.4 Å². The number of ketones is 1. The van der Waals surface area contributed by atoms with Gasteiger partial charge in [0.05, 0.1) is 0 Å². The van der Waals surface area contributed by atoms with Crippen LogP contribution in [0.2, 0.25) is 0 Å². The molecule has 0 radical (unpaired) electrons. The molecule has 0 aromatic heterocycles. The van der Waals surface area contributed by atoms with E-state index < -0.39 is 11.5 Å². The summed E-state index contributed by atoms with van der Waals surface area (Å²) in [6.45, 7) is 4.91. The van der Waals surface area contributed by atoms with Crippen LogP contribution in [0.1, 0.15) is 77.2 Å². The van der Waals surface area contributed by atoms with Gasteiger partial charge < -0.3 is 15.0 Å². The number of unbranched alkanes of at least 4 members (excludes halogenated alkanes) is 1. The van der Waals surface area contributed by atoms with E-state index in [9.17, 15) is 14.4 Å². The van der Waals surface area contributed by atoms with Crippen LogP contribution < -0.4 is 5.32 Å². The number of rotatable bonds is 16. The Labute approximate surface area is 264 Å². The summed E-state index contributed by atoms with van der Waals surface area (Å²) in [7, 11) is 0. The lowest BCUT2D eigenvalue weighted by Crippen LogP contribution is -2.39. The van der Waals surface area contributed by atoms with Crippen LogP contribution in [-0.2, 0) is 24.7 Å². The summed E-state index contributed by atoms with van der Waals surface area (Å²) in [5, 5.41) is 2.94. The summed E-state index contributed by atoms with van der Waals surface area (Å²) in [6.07, 6.45) is 30.8. The lowest BCUT2D eigenvalue weighted by Gasteiger charge is -2.24. The zero-order chi connectivity index (χ0) is 30.0. The number of likely N-dealkylation sites (tertiary alicyclic amines) is 1. The molecule has 0 aliphatic carbocycles. The Balaban J connectivity index is 0.00000645. The Kier molecular flexibility index (Phi) is 16.2. The standard InChI is InChI=1S/C36H46N2O4.H2S/c1-3-4-5-6-7-8-9-10-11-12-13-14-15-16-17-18-22-25-34(40)38-27-26-31(29-38)37-35(41)32-28-33(39)36(2,42-32)30-23-20-19-21-24-30;/h4-5,7-8,10-11,13-14,16-17,19-21,23-24,28,31H,3,6,9,12,15,18,22,25-27,29H2,1-2H3,(H,37,41);1H2/b5-4-,8-7-,11-10-,14-13-,17-16-;/t31-,36?;/m0./s1. The summed E-state index contributed by atoms with van der Waals surface area (Å²) < 4.78 is 5.84. The molecule has 0 saturated carbocycles. The number of hydrogen-bond donors (Lipinski definition) is 1. The smallest absolute Gasteiger partial charge is 0.286 e. The molecule has 1 fully saturated rings. The lowest BCUT2D eigenvalue weighted by atomic mass is 9.92. The zero-order valence-corrected chi connectivity index (χ0v) is 26.7. The number of nitrogens with zero attached hydrogens (tertiary/aromatic N) is 1. The third kappa shape index (κ3) is 11.9. The Morgan fingerprint density at radius 1 is 0.930 bits per heavy atom. The van der Waals surface area contributed by atoms with Gasteiger partial charge in [0.2, 0.25) is 11.7 Å². The average molecular weight is 605 g/mol. The molecule has 0 spiro atoms. The number of hydrogen-bond acceptors (Lipinski definition) is 4. The monoisotopic (exact) mass is 604 g/mol. The lowest BCUT2D eigenvalue weighted by molar-refractivity contribution is -0.133. The maximum Gasteiger partial charge on any atom is 0.286 e. The number of allylic oxidation sites excluding steroid dienone is 10. The minimum absolute atomic E-state index is 0. The van der Waals surface area contributed by atoms with Crippen LogP contribution in [0.15, 0.2) is 103 Å². The van der Waals surface area contributed by atoms with Crippen molar-refractivity contribution in [3.05, 3.63) is 108 Å². The quantitative estimate of drug-likeness (QED) is 0.161. The molecule has 0 bridgehead atoms. The van der Waals surface area contributed by atoms with E-state index in [2.05, 4.69) is 73.0 Å². The van der Waals surface area contributed by atoms with Crippen LogP contribution in [0, 0.1) is 0 Å². The van der Waals surface area contributed by atoms with Crippen molar-refractivity contribution >= 4 is 31.1 Å². The van der Waals surface area contributed by atoms with Crippen molar-refractivity contribution in [2.24, 2.45) is 0 Å². The first-order valence-electron chi connectivity index (χ1n) is 15.3. The molecule has 2 aliphatic rings. The minimum atomic E-state index is -1.20. The van der Waals surface area contributed by atoms with Crippen molar-refractivity contribution in [1.29, 1.82) is 0 Å². The van der Waals surface area contributed by atoms with Gasteiger partial charge in [0.25, 0.3) is 5.91 Å². The molecule has 2 atom stereocenters. The van der Waals surface area contributed by atoms with Crippen LogP contribution in [0.5, 0.6) is 0 Å². The molecule has 1 aromatic rings. The molecule has 7 heteroatoms. The number of carbonyl (C=O) groups is 3. The number of carbonyl (C=O) groups excluding carboxylic acids is 3. The van der Waals surface area contributed by atoms with Crippen LogP contribution in [0.3, 0.4) is 0 Å². The van der Waals surface area contributed by atoms with Crippen molar-refractivity contribution < 1.29 is 19.1 Å². The van der Waals surface area contributed by atoms with E-state index in [4.69, 9.17) is 4.74 Å². The molecule has 1 aromatic carbocycles. The van der Waals surface area contributed by atoms with Gasteiger partial charge in [-0.05, 0) is 58.3 Å². The van der Waals surface area contributed by atoms with E-state index in [1.54, 1.807) is 6.92 Å². The van der Waals surface area contributed by atoms with E-state index in [1.807, 2.05) is 35.2 Å². The second-order valence-corrected chi connectivity index (χ2v) is 10.8. The highest BCUT2D eigenvalue weighted by Gasteiger charge is 2.44. The van der Waals surface area contributed by atoms with Gasteiger partial charge in [0, 0.05) is 37.2 Å². The largest absolute Gasteiger partial charge is 0.469 e. The summed E-state index contributed by atoms with van der Waals surface area (Å²) in [5.74, 6) is -0.536. The number of nitrogens with one attached hydrogen (secondary N) is 1. The van der Waals surface area contributed by atoms with Crippen molar-refractivity contribution in [2.75, 3.05) is 13.1 Å². The van der Waals surface area contributed by atoms with Crippen LogP contribution in [0.25, 0.3) is 0 Å². The molecule has 43 heavy (non-hydrogen) atoms. The fraction of sp³-hybridized carbons (Fsp3) is 0.417. The van der Waals surface area contributed by atoms with Crippen molar-refractivity contribution in [3.8, 4) is 0 Å². The summed E-state index contributed by atoms with van der Waals surface area (Å²) in [4.78, 5) is 39.9. The fourth-order valence-electron chi connectivity index (χ4n) is 4.88. The molecule has 6 nitrogen and oxygen atoms in total. The molecule has 1 unspecified atom stereocenters. The molecule has 2 amide bonds. The fourth-order valence-corrected chi connectivity index (χ4v) is 4.88. The van der Waals surface area contributed by atoms with Crippen molar-refractivity contribution in [1.82, 2.24) is 10.2 Å². The first kappa shape index (κ1) is 35.6. The topological polar surface area (TPSA) is 75.7 Å². The van der Waals surface area contributed by atoms with Gasteiger partial charge in [-0.15, -0.1) is 0 Å². The summed E-state index contributed by atoms with van der Waals surface area (Å²) >= 11 is 0. The highest BCUT2D eigenvalue weighted by Crippen LogP contribution is 2.34. The van der Waals surface area contributed by atoms with Gasteiger partial charge in [-0.25, -0.2) is 0 Å². The Morgan fingerprint density at radius 2 is 1.51 bits per heavy atom. The van der Waals surface area contributed by atoms with E-state index in [-0.39, 0.29) is 37.0 Å². The van der Waals surface area contributed by atoms with Crippen molar-refractivity contribution in [3.63, 3.8) is 0 Å². The molecule has 2 heterocycles. The van der Waals surface area contributed by atoms with Crippen LogP contribution in [0.4, 0.5) is 0 Å². The SMILES string of the molecule is CC/C=C\C/C=C\C/C=C\C/C=C\C/C=C\CCCC(=O)N1CC[C@H](NC(=O)C2=CC(=O)C(C)(c3ccccc3)O2)C1.S. The van der Waals surface area contributed by atoms with E-state index in [0.717, 1.165) is 44.9 Å². The highest BCUT2D eigenvalue weighted by molar-refractivity contribution is 7.59. The van der Waals surface area contributed by atoms with Gasteiger partial charge in [0.15, 0.2) is 11.4 Å². The average Bonchev–Trinajstić information content (AvgIpc) is 3.59. The number of benzene rings is 1. The Bertz CT molecular complexity index is 1210. The molecule has 232 valence electrons. The molecule has 1 N–H and O–H groups in total. The van der Waals surface area contributed by atoms with Crippen LogP contribution in [-0.4, -0.2) is 41.6 Å². The third-order valence-electron chi connectivity index (χ3n) is 7.39. The molecule has 2 aliphatic heterocycles. The normalized spacial score (nSPS) is 20.5. The highest BCUT2D eigenvalue weighted by atomic mass is 32.1. The predicted octanol–water partition coefficient (Wildman–Crippen LogP) is 7.14. The first-order valence-corrected chi connectivity index (χ1v) is 15.3. The Morgan fingerprint density at radius 3 is 2.12 bits per heavy atom. The molecular formula is C36H48N2O4S. The third-order valence-corrected chi connectivity index (χ3v) is 7.39. The first-order chi connectivity index (χ1) is 20.4. The summed E-state index contributed by atoms with van der Waals surface area (Å²) in [5.41, 5.74) is -0.493. The summed E-state index contributed by atoms with van der Waals surface area (Å²) in [6, 6.07) is 9.01. The van der Waals surface area contributed by atoms with E-state index in [0.29, 0.717) is 31.5 Å². The van der Waals surface area contributed by atoms with Crippen molar-refractivity contribution in [2.45, 2.75) is 83.3 Å². The van der Waals surface area contributed by atoms with Gasteiger partial charge in [0.1, 0.15) is 0 Å². The molecule has 3 rings (SSSR count). The minimum Gasteiger partial charge on any atom is -0.469 e. The van der Waals surface area contributed by atoms with Crippen LogP contribution >= 0.6 is 13.5 Å². The van der Waals surface area contributed by atoms with Gasteiger partial charge >= 0.3 is 0 Å². The molecular weight excluding hydrogens is 556 g/mol. The van der Waals surface area contributed by atoms with Gasteiger partial charge in [-0.1, -0.05) is 98.0 Å². The van der Waals surface area contributed by atoms with Gasteiger partial charge in [-0.2, -0.15) is 13.5 Å².